The third-order valence-electron chi connectivity index (χ3n) is 6.21. The van der Waals surface area contributed by atoms with Gasteiger partial charge in [-0.25, -0.2) is 0 Å². The van der Waals surface area contributed by atoms with Crippen molar-refractivity contribution in [3.63, 3.8) is 0 Å². The van der Waals surface area contributed by atoms with Crippen LogP contribution in [0.3, 0.4) is 0 Å². The van der Waals surface area contributed by atoms with E-state index in [0.717, 1.165) is 56.0 Å². The lowest BCUT2D eigenvalue weighted by molar-refractivity contribution is -0.137. The Kier molecular flexibility index (Phi) is 6.17. The lowest BCUT2D eigenvalue weighted by Crippen LogP contribution is -2.29. The molecule has 172 valence electrons. The molecule has 0 bridgehead atoms. The van der Waals surface area contributed by atoms with Gasteiger partial charge in [0.25, 0.3) is 0 Å². The summed E-state index contributed by atoms with van der Waals surface area (Å²) in [7, 11) is 2.10. The first-order valence-electron chi connectivity index (χ1n) is 10.8. The zero-order chi connectivity index (χ0) is 23.8. The molecule has 0 saturated carbocycles. The Morgan fingerprint density at radius 1 is 1.06 bits per heavy atom. The smallest absolute Gasteiger partial charge is 0.370 e. The predicted octanol–water partition coefficient (Wildman–Crippen LogP) is 4.39. The summed E-state index contributed by atoms with van der Waals surface area (Å²) in [5.74, 6) is 0. The predicted molar refractivity (Wildman–Crippen MR) is 123 cm³/mol. The number of rotatable bonds is 3. The Morgan fingerprint density at radius 2 is 1.79 bits per heavy atom. The van der Waals surface area contributed by atoms with E-state index in [2.05, 4.69) is 16.8 Å². The van der Waals surface area contributed by atoms with E-state index in [1.54, 1.807) is 4.57 Å². The first-order chi connectivity index (χ1) is 15.7. The molecule has 5 nitrogen and oxygen atoms in total. The molecule has 3 aromatic rings. The average Bonchev–Trinajstić information content (AvgIpc) is 2.99. The number of alkyl halides is 3. The van der Waals surface area contributed by atoms with E-state index in [4.69, 9.17) is 0 Å². The molecule has 2 aromatic carbocycles. The van der Waals surface area contributed by atoms with Crippen molar-refractivity contribution in [1.29, 1.82) is 5.26 Å². The van der Waals surface area contributed by atoms with Crippen LogP contribution in [0.25, 0.3) is 10.9 Å². The van der Waals surface area contributed by atoms with Gasteiger partial charge in [-0.1, -0.05) is 12.1 Å². The van der Waals surface area contributed by atoms with Crippen LogP contribution in [-0.4, -0.2) is 42.7 Å². The minimum Gasteiger partial charge on any atom is -0.370 e. The molecular formula is C25H25F3N4O. The zero-order valence-corrected chi connectivity index (χ0v) is 18.6. The number of nitriles is 1. The van der Waals surface area contributed by atoms with Crippen molar-refractivity contribution in [2.75, 3.05) is 38.1 Å². The van der Waals surface area contributed by atoms with E-state index in [1.807, 2.05) is 25.1 Å². The van der Waals surface area contributed by atoms with Crippen molar-refractivity contribution in [1.82, 2.24) is 9.47 Å². The van der Waals surface area contributed by atoms with Gasteiger partial charge >= 0.3 is 6.18 Å². The lowest BCUT2D eigenvalue weighted by Gasteiger charge is -2.26. The van der Waals surface area contributed by atoms with Crippen LogP contribution in [0.1, 0.15) is 28.7 Å². The number of aryl methyl sites for hydroxylation is 1. The number of halogens is 3. The topological polar surface area (TPSA) is 52.3 Å². The lowest BCUT2D eigenvalue weighted by atomic mass is 10.0. The van der Waals surface area contributed by atoms with Gasteiger partial charge in [-0.15, -0.1) is 0 Å². The van der Waals surface area contributed by atoms with Crippen LogP contribution in [0.5, 0.6) is 0 Å². The fraction of sp³-hybridized carbons (Fsp3) is 0.360. The molecule has 0 radical (unpaired) electrons. The van der Waals surface area contributed by atoms with Gasteiger partial charge < -0.3 is 14.4 Å². The summed E-state index contributed by atoms with van der Waals surface area (Å²) in [6.07, 6.45) is -1.87. The number of nitrogens with zero attached hydrogens (tertiary/aromatic N) is 4. The van der Waals surface area contributed by atoms with Gasteiger partial charge in [-0.2, -0.15) is 18.4 Å². The molecule has 4 rings (SSSR count). The van der Waals surface area contributed by atoms with E-state index in [9.17, 15) is 23.2 Å². The molecule has 0 amide bonds. The minimum absolute atomic E-state index is 0.0120. The van der Waals surface area contributed by atoms with Crippen molar-refractivity contribution < 1.29 is 13.2 Å². The number of hydrogen-bond acceptors (Lipinski definition) is 4. The molecule has 0 aliphatic carbocycles. The number of anilines is 1. The Bertz CT molecular complexity index is 1270. The molecule has 0 N–H and O–H groups in total. The Balaban J connectivity index is 1.80. The summed E-state index contributed by atoms with van der Waals surface area (Å²) < 4.78 is 40.6. The maximum absolute atomic E-state index is 12.9. The van der Waals surface area contributed by atoms with Gasteiger partial charge in [0, 0.05) is 43.4 Å². The molecule has 0 atom stereocenters. The van der Waals surface area contributed by atoms with Gasteiger partial charge in [0.1, 0.15) is 11.6 Å². The van der Waals surface area contributed by atoms with Gasteiger partial charge in [0.05, 0.1) is 11.1 Å². The van der Waals surface area contributed by atoms with E-state index < -0.39 is 11.7 Å². The highest BCUT2D eigenvalue weighted by Gasteiger charge is 2.30. The van der Waals surface area contributed by atoms with Crippen LogP contribution in [-0.2, 0) is 12.7 Å². The van der Waals surface area contributed by atoms with Gasteiger partial charge in [0.15, 0.2) is 0 Å². The largest absolute Gasteiger partial charge is 0.416 e. The Morgan fingerprint density at radius 3 is 2.45 bits per heavy atom. The molecule has 1 aliphatic rings. The normalized spacial score (nSPS) is 15.5. The maximum Gasteiger partial charge on any atom is 0.416 e. The van der Waals surface area contributed by atoms with Crippen LogP contribution in [0.4, 0.5) is 18.9 Å². The second-order valence-corrected chi connectivity index (χ2v) is 8.61. The highest BCUT2D eigenvalue weighted by Crippen LogP contribution is 2.30. The third-order valence-corrected chi connectivity index (χ3v) is 6.21. The van der Waals surface area contributed by atoms with E-state index >= 15 is 0 Å². The second-order valence-electron chi connectivity index (χ2n) is 8.61. The highest BCUT2D eigenvalue weighted by molar-refractivity contribution is 5.85. The van der Waals surface area contributed by atoms with Crippen molar-refractivity contribution in [3.05, 3.63) is 75.1 Å². The Hall–Kier alpha value is -3.31. The van der Waals surface area contributed by atoms with Crippen LogP contribution in [0.2, 0.25) is 0 Å². The summed E-state index contributed by atoms with van der Waals surface area (Å²) in [4.78, 5) is 17.5. The van der Waals surface area contributed by atoms with Crippen molar-refractivity contribution in [2.45, 2.75) is 26.1 Å². The first kappa shape index (κ1) is 22.9. The molecule has 2 heterocycles. The van der Waals surface area contributed by atoms with Crippen LogP contribution in [0.15, 0.2) is 47.4 Å². The number of aromatic nitrogens is 1. The van der Waals surface area contributed by atoms with Crippen LogP contribution >= 0.6 is 0 Å². The van der Waals surface area contributed by atoms with E-state index in [-0.39, 0.29) is 17.5 Å². The molecule has 0 unspecified atom stereocenters. The summed E-state index contributed by atoms with van der Waals surface area (Å²) in [6, 6.07) is 10.7. The molecule has 1 fully saturated rings. The number of hydrogen-bond donors (Lipinski definition) is 0. The fourth-order valence-corrected chi connectivity index (χ4v) is 4.37. The van der Waals surface area contributed by atoms with Gasteiger partial charge in [-0.3, -0.25) is 4.79 Å². The minimum atomic E-state index is -4.40. The van der Waals surface area contributed by atoms with Crippen molar-refractivity contribution in [2.24, 2.45) is 0 Å². The van der Waals surface area contributed by atoms with Crippen molar-refractivity contribution in [3.8, 4) is 6.07 Å². The standard InChI is InChI=1S/C25H25F3N4O/c1-17-12-21-23(13-22(17)31-9-3-8-30(2)10-11-31)32(16-19(14-29)24(21)33)15-18-4-6-20(7-5-18)25(26,27)28/h4-7,12-13,16H,3,8-11,15H2,1-2H3. The maximum atomic E-state index is 12.9. The van der Waals surface area contributed by atoms with Crippen molar-refractivity contribution >= 4 is 16.6 Å². The number of benzene rings is 2. The quantitative estimate of drug-likeness (QED) is 0.589. The number of pyridine rings is 1. The average molecular weight is 454 g/mol. The molecule has 1 aliphatic heterocycles. The van der Waals surface area contributed by atoms with Crippen LogP contribution < -0.4 is 10.3 Å². The summed E-state index contributed by atoms with van der Waals surface area (Å²) in [6.45, 7) is 5.92. The highest BCUT2D eigenvalue weighted by atomic mass is 19.4. The molecule has 0 spiro atoms. The zero-order valence-electron chi connectivity index (χ0n) is 18.6. The number of likely N-dealkylation sites (N-methyl/N-ethyl adjacent to an activating group) is 1. The summed E-state index contributed by atoms with van der Waals surface area (Å²) in [5.41, 5.74) is 2.27. The molecule has 1 aromatic heterocycles. The molecular weight excluding hydrogens is 429 g/mol. The van der Waals surface area contributed by atoms with Crippen LogP contribution in [0, 0.1) is 18.3 Å². The summed E-state index contributed by atoms with van der Waals surface area (Å²) >= 11 is 0. The van der Waals surface area contributed by atoms with Gasteiger partial charge in [0.2, 0.25) is 5.43 Å². The first-order valence-corrected chi connectivity index (χ1v) is 10.8. The SMILES string of the molecule is Cc1cc2c(=O)c(C#N)cn(Cc3ccc(C(F)(F)F)cc3)c2cc1N1CCCN(C)CC1. The second kappa shape index (κ2) is 8.91. The molecule has 8 heteroatoms. The van der Waals surface area contributed by atoms with E-state index in [0.29, 0.717) is 16.5 Å². The molecule has 1 saturated heterocycles. The summed E-state index contributed by atoms with van der Waals surface area (Å²) in [5, 5.41) is 9.92. The Labute approximate surface area is 190 Å². The van der Waals surface area contributed by atoms with Gasteiger partial charge in [-0.05, 0) is 62.3 Å². The third kappa shape index (κ3) is 4.74. The molecule has 33 heavy (non-hydrogen) atoms. The number of fused-ring (bicyclic) bond motifs is 1. The fourth-order valence-electron chi connectivity index (χ4n) is 4.37. The van der Waals surface area contributed by atoms with E-state index in [1.165, 1.54) is 18.3 Å². The monoisotopic (exact) mass is 454 g/mol.